The van der Waals surface area contributed by atoms with Crippen LogP contribution < -0.4 is 5.73 Å². The van der Waals surface area contributed by atoms with Crippen LogP contribution in [0.1, 0.15) is 43.7 Å². The number of hydrogen-bond acceptors (Lipinski definition) is 2. The number of benzene rings is 1. The molecule has 2 aliphatic heterocycles. The van der Waals surface area contributed by atoms with Crippen LogP contribution in [0.5, 0.6) is 0 Å². The Morgan fingerprint density at radius 3 is 2.21 bits per heavy atom. The van der Waals surface area contributed by atoms with Crippen molar-refractivity contribution in [1.29, 1.82) is 0 Å². The first-order valence-electron chi connectivity index (χ1n) is 7.85. The van der Waals surface area contributed by atoms with Crippen molar-refractivity contribution in [3.8, 4) is 0 Å². The fraction of sp³-hybridized carbons (Fsp3) is 0.647. The van der Waals surface area contributed by atoms with Gasteiger partial charge in [0.2, 0.25) is 0 Å². The largest absolute Gasteiger partial charge is 0.328 e. The molecule has 2 atom stereocenters. The van der Waals surface area contributed by atoms with Gasteiger partial charge in [-0.15, -0.1) is 0 Å². The van der Waals surface area contributed by atoms with Crippen LogP contribution in [0.2, 0.25) is 0 Å². The highest BCUT2D eigenvalue weighted by molar-refractivity contribution is 5.22. The monoisotopic (exact) mass is 258 g/mol. The molecule has 3 rings (SSSR count). The predicted octanol–water partition coefficient (Wildman–Crippen LogP) is 2.75. The van der Waals surface area contributed by atoms with Crippen molar-refractivity contribution >= 4 is 0 Å². The van der Waals surface area contributed by atoms with Gasteiger partial charge in [-0.1, -0.05) is 31.2 Å². The fourth-order valence-corrected chi connectivity index (χ4v) is 3.88. The summed E-state index contributed by atoms with van der Waals surface area (Å²) >= 11 is 0. The van der Waals surface area contributed by atoms with Gasteiger partial charge in [0.15, 0.2) is 0 Å². The molecule has 2 unspecified atom stereocenters. The van der Waals surface area contributed by atoms with Crippen LogP contribution in [0.4, 0.5) is 0 Å². The van der Waals surface area contributed by atoms with E-state index in [0.29, 0.717) is 6.04 Å². The van der Waals surface area contributed by atoms with Crippen molar-refractivity contribution < 1.29 is 0 Å². The Labute approximate surface area is 117 Å². The number of fused-ring (bicyclic) bond motifs is 2. The summed E-state index contributed by atoms with van der Waals surface area (Å²) in [4.78, 5) is 2.73. The molecule has 104 valence electrons. The molecule has 1 aromatic rings. The van der Waals surface area contributed by atoms with Gasteiger partial charge in [-0.05, 0) is 49.7 Å². The summed E-state index contributed by atoms with van der Waals surface area (Å²) in [5.74, 6) is 0. The molecule has 2 bridgehead atoms. The Kier molecular flexibility index (Phi) is 3.90. The maximum Gasteiger partial charge on any atom is 0.0114 e. The second kappa shape index (κ2) is 5.64. The molecular weight excluding hydrogens is 232 g/mol. The average molecular weight is 258 g/mol. The van der Waals surface area contributed by atoms with E-state index in [1.54, 1.807) is 0 Å². The molecule has 2 N–H and O–H groups in total. The lowest BCUT2D eigenvalue weighted by Crippen LogP contribution is -2.48. The van der Waals surface area contributed by atoms with Crippen molar-refractivity contribution in [2.24, 2.45) is 5.73 Å². The van der Waals surface area contributed by atoms with Crippen LogP contribution in [-0.2, 0) is 12.8 Å². The van der Waals surface area contributed by atoms with E-state index >= 15 is 0 Å². The van der Waals surface area contributed by atoms with Crippen LogP contribution in [-0.4, -0.2) is 29.6 Å². The predicted molar refractivity (Wildman–Crippen MR) is 80.2 cm³/mol. The highest BCUT2D eigenvalue weighted by atomic mass is 15.2. The Morgan fingerprint density at radius 2 is 1.63 bits per heavy atom. The summed E-state index contributed by atoms with van der Waals surface area (Å²) in [6.45, 7) is 3.43. The van der Waals surface area contributed by atoms with E-state index < -0.39 is 0 Å². The van der Waals surface area contributed by atoms with Crippen molar-refractivity contribution in [3.63, 3.8) is 0 Å². The lowest BCUT2D eigenvalue weighted by Gasteiger charge is -2.37. The van der Waals surface area contributed by atoms with E-state index in [2.05, 4.69) is 36.1 Å². The van der Waals surface area contributed by atoms with E-state index in [0.717, 1.165) is 18.5 Å². The van der Waals surface area contributed by atoms with Crippen LogP contribution in [0, 0.1) is 0 Å². The third kappa shape index (κ3) is 2.85. The Hall–Kier alpha value is -0.860. The van der Waals surface area contributed by atoms with E-state index in [1.807, 2.05) is 0 Å². The second-order valence-electron chi connectivity index (χ2n) is 6.27. The molecule has 0 amide bonds. The van der Waals surface area contributed by atoms with Gasteiger partial charge >= 0.3 is 0 Å². The average Bonchev–Trinajstić information content (AvgIpc) is 2.67. The number of rotatable bonds is 4. The van der Waals surface area contributed by atoms with E-state index in [-0.39, 0.29) is 0 Å². The minimum atomic E-state index is 0.456. The molecule has 2 heteroatoms. The zero-order chi connectivity index (χ0) is 13.2. The van der Waals surface area contributed by atoms with Crippen molar-refractivity contribution in [2.45, 2.75) is 63.6 Å². The number of hydrogen-bond donors (Lipinski definition) is 1. The standard InChI is InChI=1S/C17H26N2/c1-2-13-3-5-14(6-4-13)9-10-19-16-7-8-17(19)12-15(18)11-16/h3-6,15-17H,2,7-12,18H2,1H3. The summed E-state index contributed by atoms with van der Waals surface area (Å²) in [7, 11) is 0. The summed E-state index contributed by atoms with van der Waals surface area (Å²) in [5, 5.41) is 0. The van der Waals surface area contributed by atoms with Gasteiger partial charge in [0.1, 0.15) is 0 Å². The Balaban J connectivity index is 1.57. The minimum Gasteiger partial charge on any atom is -0.328 e. The maximum absolute atomic E-state index is 6.13. The van der Waals surface area contributed by atoms with Gasteiger partial charge in [-0.25, -0.2) is 0 Å². The van der Waals surface area contributed by atoms with Crippen LogP contribution in [0.3, 0.4) is 0 Å². The van der Waals surface area contributed by atoms with Gasteiger partial charge in [0, 0.05) is 24.7 Å². The van der Waals surface area contributed by atoms with Gasteiger partial charge in [-0.3, -0.25) is 4.90 Å². The number of nitrogens with zero attached hydrogens (tertiary/aromatic N) is 1. The second-order valence-corrected chi connectivity index (χ2v) is 6.27. The van der Waals surface area contributed by atoms with Crippen molar-refractivity contribution in [2.75, 3.05) is 6.54 Å². The third-order valence-corrected chi connectivity index (χ3v) is 5.01. The Morgan fingerprint density at radius 1 is 1.05 bits per heavy atom. The zero-order valence-corrected chi connectivity index (χ0v) is 12.0. The highest BCUT2D eigenvalue weighted by Crippen LogP contribution is 2.34. The number of nitrogens with two attached hydrogens (primary N) is 1. The van der Waals surface area contributed by atoms with E-state index in [9.17, 15) is 0 Å². The summed E-state index contributed by atoms with van der Waals surface area (Å²) < 4.78 is 0. The zero-order valence-electron chi connectivity index (χ0n) is 12.0. The van der Waals surface area contributed by atoms with Gasteiger partial charge in [-0.2, -0.15) is 0 Å². The van der Waals surface area contributed by atoms with Crippen molar-refractivity contribution in [3.05, 3.63) is 35.4 Å². The molecule has 2 heterocycles. The molecule has 19 heavy (non-hydrogen) atoms. The smallest absolute Gasteiger partial charge is 0.0114 e. The SMILES string of the molecule is CCc1ccc(CCN2C3CCC2CC(N)C3)cc1. The fourth-order valence-electron chi connectivity index (χ4n) is 3.88. The lowest BCUT2D eigenvalue weighted by atomic mass is 9.97. The number of aryl methyl sites for hydroxylation is 1. The number of piperidine rings is 1. The molecule has 0 spiro atoms. The van der Waals surface area contributed by atoms with Gasteiger partial charge in [0.05, 0.1) is 0 Å². The van der Waals surface area contributed by atoms with Gasteiger partial charge < -0.3 is 5.73 Å². The van der Waals surface area contributed by atoms with Crippen LogP contribution >= 0.6 is 0 Å². The van der Waals surface area contributed by atoms with E-state index in [1.165, 1.54) is 49.8 Å². The molecule has 0 aromatic heterocycles. The molecule has 2 fully saturated rings. The van der Waals surface area contributed by atoms with Crippen LogP contribution in [0.15, 0.2) is 24.3 Å². The molecule has 2 saturated heterocycles. The summed E-state index contributed by atoms with van der Waals surface area (Å²) in [5.41, 5.74) is 9.05. The summed E-state index contributed by atoms with van der Waals surface area (Å²) in [6.07, 6.45) is 7.48. The van der Waals surface area contributed by atoms with Crippen LogP contribution in [0.25, 0.3) is 0 Å². The normalized spacial score (nSPS) is 30.7. The quantitative estimate of drug-likeness (QED) is 0.900. The molecule has 0 saturated carbocycles. The molecule has 1 aromatic carbocycles. The topological polar surface area (TPSA) is 29.3 Å². The molecule has 2 nitrogen and oxygen atoms in total. The highest BCUT2D eigenvalue weighted by Gasteiger charge is 2.38. The summed E-state index contributed by atoms with van der Waals surface area (Å²) in [6, 6.07) is 11.1. The van der Waals surface area contributed by atoms with E-state index in [4.69, 9.17) is 5.73 Å². The molecule has 0 radical (unpaired) electrons. The molecular formula is C17H26N2. The lowest BCUT2D eigenvalue weighted by molar-refractivity contribution is 0.129. The van der Waals surface area contributed by atoms with Crippen molar-refractivity contribution in [1.82, 2.24) is 4.90 Å². The molecule has 2 aliphatic rings. The third-order valence-electron chi connectivity index (χ3n) is 5.01. The first-order chi connectivity index (χ1) is 9.26. The maximum atomic E-state index is 6.13. The minimum absolute atomic E-state index is 0.456. The van der Waals surface area contributed by atoms with Gasteiger partial charge in [0.25, 0.3) is 0 Å². The Bertz CT molecular complexity index is 398. The first-order valence-corrected chi connectivity index (χ1v) is 7.85. The first kappa shape index (κ1) is 13.1. The molecule has 0 aliphatic carbocycles.